The van der Waals surface area contributed by atoms with Crippen LogP contribution in [0.15, 0.2) is 11.5 Å². The molecule has 0 aliphatic heterocycles. The van der Waals surface area contributed by atoms with Gasteiger partial charge in [0.1, 0.15) is 5.60 Å². The number of carbonyl (C=O) groups is 2. The summed E-state index contributed by atoms with van der Waals surface area (Å²) in [4.78, 5) is 26.9. The molecule has 1 aromatic heterocycles. The summed E-state index contributed by atoms with van der Waals surface area (Å²) in [5, 5.41) is 13.6. The molecule has 0 aromatic carbocycles. The van der Waals surface area contributed by atoms with E-state index in [1.54, 1.807) is 32.2 Å². The number of carboxylic acids is 1. The van der Waals surface area contributed by atoms with Gasteiger partial charge < -0.3 is 9.84 Å². The molecule has 21 heavy (non-hydrogen) atoms. The average molecular weight is 330 g/mol. The number of aromatic nitrogens is 1. The zero-order valence-corrected chi connectivity index (χ0v) is 13.9. The van der Waals surface area contributed by atoms with E-state index in [9.17, 15) is 14.7 Å². The molecule has 0 aliphatic carbocycles. The van der Waals surface area contributed by atoms with Crippen molar-refractivity contribution < 1.29 is 19.4 Å². The number of anilines is 1. The smallest absolute Gasteiger partial charge is 0.413 e. The van der Waals surface area contributed by atoms with Crippen LogP contribution in [0.2, 0.25) is 0 Å². The Morgan fingerprint density at radius 2 is 2.19 bits per heavy atom. The van der Waals surface area contributed by atoms with Gasteiger partial charge in [-0.2, -0.15) is 11.8 Å². The average Bonchev–Trinajstić information content (AvgIpc) is 2.74. The van der Waals surface area contributed by atoms with E-state index >= 15 is 0 Å². The highest BCUT2D eigenvalue weighted by atomic mass is 32.2. The number of nitrogens with zero attached hydrogens (tertiary/aromatic N) is 1. The van der Waals surface area contributed by atoms with Gasteiger partial charge in [0.2, 0.25) is 0 Å². The van der Waals surface area contributed by atoms with Crippen LogP contribution in [0, 0.1) is 0 Å². The number of carboxylic acid groups (broad SMARTS) is 1. The Morgan fingerprint density at radius 1 is 1.52 bits per heavy atom. The van der Waals surface area contributed by atoms with E-state index in [2.05, 4.69) is 10.3 Å². The zero-order chi connectivity index (χ0) is 16.0. The van der Waals surface area contributed by atoms with Crippen molar-refractivity contribution in [3.8, 4) is 0 Å². The number of thiazole rings is 1. The molecule has 1 rings (SSSR count). The first-order valence-electron chi connectivity index (χ1n) is 6.11. The van der Waals surface area contributed by atoms with Crippen LogP contribution < -0.4 is 5.32 Å². The molecule has 8 heteroatoms. The number of aliphatic carboxylic acids is 1. The molecule has 0 unspecified atom stereocenters. The fourth-order valence-corrected chi connectivity index (χ4v) is 2.34. The molecule has 0 saturated heterocycles. The number of nitrogens with one attached hydrogen (secondary N) is 1. The molecule has 0 fully saturated rings. The van der Waals surface area contributed by atoms with E-state index in [0.29, 0.717) is 16.6 Å². The largest absolute Gasteiger partial charge is 0.478 e. The summed E-state index contributed by atoms with van der Waals surface area (Å²) < 4.78 is 5.11. The Hall–Kier alpha value is -1.54. The third-order valence-corrected chi connectivity index (χ3v) is 3.33. The molecule has 1 heterocycles. The molecule has 0 saturated carbocycles. The fourth-order valence-electron chi connectivity index (χ4n) is 1.31. The maximum absolute atomic E-state index is 11.6. The number of amides is 1. The lowest BCUT2D eigenvalue weighted by atomic mass is 10.2. The molecule has 2 N–H and O–H groups in total. The van der Waals surface area contributed by atoms with Crippen molar-refractivity contribution in [2.45, 2.75) is 26.4 Å². The van der Waals surface area contributed by atoms with E-state index < -0.39 is 17.7 Å². The van der Waals surface area contributed by atoms with Crippen molar-refractivity contribution in [1.29, 1.82) is 0 Å². The Labute approximate surface area is 131 Å². The van der Waals surface area contributed by atoms with Crippen LogP contribution in [0.25, 0.3) is 5.57 Å². The normalized spacial score (nSPS) is 12.1. The van der Waals surface area contributed by atoms with Crippen LogP contribution in [-0.2, 0) is 9.53 Å². The van der Waals surface area contributed by atoms with E-state index in [-0.39, 0.29) is 5.57 Å². The maximum atomic E-state index is 11.6. The number of ether oxygens (including phenoxy) is 1. The third-order valence-electron chi connectivity index (χ3n) is 2.07. The lowest BCUT2D eigenvalue weighted by Gasteiger charge is -2.18. The van der Waals surface area contributed by atoms with Crippen molar-refractivity contribution in [2.24, 2.45) is 0 Å². The third kappa shape index (κ3) is 6.17. The summed E-state index contributed by atoms with van der Waals surface area (Å²) in [5.74, 6) is -0.466. The van der Waals surface area contributed by atoms with E-state index in [1.165, 1.54) is 11.8 Å². The molecule has 0 radical (unpaired) electrons. The summed E-state index contributed by atoms with van der Waals surface area (Å²) >= 11 is 2.66. The maximum Gasteiger partial charge on any atom is 0.413 e. The second kappa shape index (κ2) is 7.46. The molecular formula is C13H18N2O4S2. The van der Waals surface area contributed by atoms with Crippen LogP contribution in [0.1, 0.15) is 26.5 Å². The predicted molar refractivity (Wildman–Crippen MR) is 86.0 cm³/mol. The Bertz CT molecular complexity index is 547. The van der Waals surface area contributed by atoms with Gasteiger partial charge in [-0.05, 0) is 27.0 Å². The quantitative estimate of drug-likeness (QED) is 0.805. The second-order valence-corrected chi connectivity index (χ2v) is 6.81. The first kappa shape index (κ1) is 17.5. The number of hydrogen-bond acceptors (Lipinski definition) is 6. The van der Waals surface area contributed by atoms with Gasteiger partial charge in [0, 0.05) is 11.1 Å². The van der Waals surface area contributed by atoms with Gasteiger partial charge in [0.15, 0.2) is 5.13 Å². The standard InChI is InChI=1S/C13H18N2O4S2/c1-13(2,3)19-12(18)15-11-14-9(7-21-11)8(10(16)17)5-6-20-4/h5,7H,6H2,1-4H3,(H,16,17)(H,14,15,18)/b8-5-. The summed E-state index contributed by atoms with van der Waals surface area (Å²) in [7, 11) is 0. The van der Waals surface area contributed by atoms with Crippen LogP contribution in [0.3, 0.4) is 0 Å². The SMILES string of the molecule is CSC/C=C(\C(=O)O)c1csc(NC(=O)OC(C)(C)C)n1. The molecule has 116 valence electrons. The highest BCUT2D eigenvalue weighted by molar-refractivity contribution is 7.98. The van der Waals surface area contributed by atoms with Gasteiger partial charge >= 0.3 is 12.1 Å². The number of thioether (sulfide) groups is 1. The van der Waals surface area contributed by atoms with Crippen molar-refractivity contribution >= 4 is 45.9 Å². The molecular weight excluding hydrogens is 312 g/mol. The topological polar surface area (TPSA) is 88.5 Å². The summed E-state index contributed by atoms with van der Waals surface area (Å²) in [6, 6.07) is 0. The fraction of sp³-hybridized carbons (Fsp3) is 0.462. The van der Waals surface area contributed by atoms with E-state index in [4.69, 9.17) is 4.74 Å². The lowest BCUT2D eigenvalue weighted by Crippen LogP contribution is -2.27. The minimum Gasteiger partial charge on any atom is -0.478 e. The Kier molecular flexibility index (Phi) is 6.22. The Morgan fingerprint density at radius 3 is 2.71 bits per heavy atom. The highest BCUT2D eigenvalue weighted by Crippen LogP contribution is 2.23. The second-order valence-electron chi connectivity index (χ2n) is 5.04. The monoisotopic (exact) mass is 330 g/mol. The molecule has 0 aliphatic rings. The molecule has 0 bridgehead atoms. The van der Waals surface area contributed by atoms with Crippen molar-refractivity contribution in [1.82, 2.24) is 4.98 Å². The van der Waals surface area contributed by atoms with Crippen LogP contribution in [-0.4, -0.2) is 39.8 Å². The summed E-state index contributed by atoms with van der Waals surface area (Å²) in [5.41, 5.74) is -0.153. The van der Waals surface area contributed by atoms with Gasteiger partial charge in [-0.1, -0.05) is 6.08 Å². The van der Waals surface area contributed by atoms with Crippen LogP contribution in [0.4, 0.5) is 9.93 Å². The van der Waals surface area contributed by atoms with Gasteiger partial charge in [0.25, 0.3) is 0 Å². The Balaban J connectivity index is 2.80. The first-order chi connectivity index (χ1) is 9.73. The van der Waals surface area contributed by atoms with E-state index in [0.717, 1.165) is 11.3 Å². The van der Waals surface area contributed by atoms with Gasteiger partial charge in [-0.25, -0.2) is 14.6 Å². The van der Waals surface area contributed by atoms with Gasteiger partial charge in [-0.3, -0.25) is 5.32 Å². The number of rotatable bonds is 5. The van der Waals surface area contributed by atoms with Crippen molar-refractivity contribution in [3.63, 3.8) is 0 Å². The van der Waals surface area contributed by atoms with Crippen molar-refractivity contribution in [2.75, 3.05) is 17.3 Å². The lowest BCUT2D eigenvalue weighted by molar-refractivity contribution is -0.130. The number of hydrogen-bond donors (Lipinski definition) is 2. The highest BCUT2D eigenvalue weighted by Gasteiger charge is 2.19. The van der Waals surface area contributed by atoms with Crippen LogP contribution in [0.5, 0.6) is 0 Å². The minimum atomic E-state index is -1.04. The summed E-state index contributed by atoms with van der Waals surface area (Å²) in [6.07, 6.45) is 2.86. The zero-order valence-electron chi connectivity index (χ0n) is 12.3. The van der Waals surface area contributed by atoms with Crippen molar-refractivity contribution in [3.05, 3.63) is 17.2 Å². The molecule has 0 atom stereocenters. The molecule has 1 amide bonds. The number of carbonyl (C=O) groups excluding carboxylic acids is 1. The van der Waals surface area contributed by atoms with E-state index in [1.807, 2.05) is 6.26 Å². The van der Waals surface area contributed by atoms with Crippen LogP contribution >= 0.6 is 23.1 Å². The molecule has 6 nitrogen and oxygen atoms in total. The van der Waals surface area contributed by atoms with Gasteiger partial charge in [0.05, 0.1) is 11.3 Å². The predicted octanol–water partition coefficient (Wildman–Crippen LogP) is 3.32. The summed E-state index contributed by atoms with van der Waals surface area (Å²) in [6.45, 7) is 5.27. The van der Waals surface area contributed by atoms with Gasteiger partial charge in [-0.15, -0.1) is 11.3 Å². The molecule has 0 spiro atoms. The molecule has 1 aromatic rings. The first-order valence-corrected chi connectivity index (χ1v) is 8.38. The minimum absolute atomic E-state index is 0.123.